The second-order valence-electron chi connectivity index (χ2n) is 4.94. The van der Waals surface area contributed by atoms with E-state index < -0.39 is 11.9 Å². The van der Waals surface area contributed by atoms with Crippen molar-refractivity contribution in [1.82, 2.24) is 0 Å². The van der Waals surface area contributed by atoms with Crippen molar-refractivity contribution in [2.45, 2.75) is 12.8 Å². The Hall–Kier alpha value is -2.88. The van der Waals surface area contributed by atoms with Gasteiger partial charge < -0.3 is 9.47 Å². The summed E-state index contributed by atoms with van der Waals surface area (Å²) in [6, 6.07) is 16.7. The van der Waals surface area contributed by atoms with Crippen LogP contribution in [-0.2, 0) is 31.9 Å². The maximum Gasteiger partial charge on any atom is 0.313 e. The zero-order valence-corrected chi connectivity index (χ0v) is 12.7. The summed E-state index contributed by atoms with van der Waals surface area (Å²) in [5.41, 5.74) is 2.61. The molecule has 0 aliphatic carbocycles. The van der Waals surface area contributed by atoms with E-state index >= 15 is 0 Å². The van der Waals surface area contributed by atoms with E-state index in [4.69, 9.17) is 9.47 Å². The molecule has 4 nitrogen and oxygen atoms in total. The Morgan fingerprint density at radius 1 is 0.870 bits per heavy atom. The largest absolute Gasteiger partial charge is 0.428 e. The first kappa shape index (κ1) is 16.5. The van der Waals surface area contributed by atoms with Gasteiger partial charge in [-0.1, -0.05) is 67.3 Å². The van der Waals surface area contributed by atoms with Crippen LogP contribution in [0.15, 0.2) is 61.2 Å². The van der Waals surface area contributed by atoms with Gasteiger partial charge in [0.25, 0.3) is 0 Å². The Balaban J connectivity index is 1.72. The molecule has 0 saturated heterocycles. The van der Waals surface area contributed by atoms with Crippen molar-refractivity contribution in [3.05, 3.63) is 77.9 Å². The van der Waals surface area contributed by atoms with Crippen LogP contribution >= 0.6 is 0 Å². The highest BCUT2D eigenvalue weighted by Crippen LogP contribution is 2.08. The van der Waals surface area contributed by atoms with Crippen molar-refractivity contribution in [2.24, 2.45) is 0 Å². The van der Waals surface area contributed by atoms with Gasteiger partial charge >= 0.3 is 11.9 Å². The molecule has 0 unspecified atom stereocenters. The van der Waals surface area contributed by atoms with Crippen molar-refractivity contribution in [3.63, 3.8) is 0 Å². The van der Waals surface area contributed by atoms with Crippen LogP contribution in [0.5, 0.6) is 0 Å². The highest BCUT2D eigenvalue weighted by Gasteiger charge is 2.08. The van der Waals surface area contributed by atoms with E-state index in [1.165, 1.54) is 0 Å². The van der Waals surface area contributed by atoms with Gasteiger partial charge in [-0.15, -0.1) is 0 Å². The van der Waals surface area contributed by atoms with Crippen molar-refractivity contribution < 1.29 is 19.1 Å². The third-order valence-electron chi connectivity index (χ3n) is 3.17. The summed E-state index contributed by atoms with van der Waals surface area (Å²) in [6.07, 6.45) is 1.98. The number of carbonyl (C=O) groups is 2. The number of benzene rings is 2. The third kappa shape index (κ3) is 5.79. The molecule has 0 atom stereocenters. The first-order valence-electron chi connectivity index (χ1n) is 7.24. The Morgan fingerprint density at radius 3 is 2.13 bits per heavy atom. The molecular weight excluding hydrogens is 292 g/mol. The number of hydrogen-bond acceptors (Lipinski definition) is 4. The van der Waals surface area contributed by atoms with Gasteiger partial charge in [-0.05, 0) is 16.7 Å². The zero-order chi connectivity index (χ0) is 16.5. The standard InChI is InChI=1S/C19H18O4/c1-2-15-9-6-10-17(11-15)13-19(21)23-14-22-18(20)12-16-7-4-3-5-8-16/h2-11H,1,12-14H2. The summed E-state index contributed by atoms with van der Waals surface area (Å²) in [5.74, 6) is -0.878. The predicted octanol–water partition coefficient (Wildman–Crippen LogP) is 3.16. The molecule has 0 radical (unpaired) electrons. The molecule has 0 fully saturated rings. The molecule has 0 aliphatic rings. The summed E-state index contributed by atoms with van der Waals surface area (Å²) >= 11 is 0. The molecule has 23 heavy (non-hydrogen) atoms. The Labute approximate surface area is 135 Å². The zero-order valence-electron chi connectivity index (χ0n) is 12.7. The monoisotopic (exact) mass is 310 g/mol. The van der Waals surface area contributed by atoms with Gasteiger partial charge in [-0.2, -0.15) is 0 Å². The highest BCUT2D eigenvalue weighted by molar-refractivity contribution is 5.74. The van der Waals surface area contributed by atoms with Gasteiger partial charge in [-0.25, -0.2) is 0 Å². The molecule has 0 amide bonds. The lowest BCUT2D eigenvalue weighted by molar-refractivity contribution is -0.166. The van der Waals surface area contributed by atoms with E-state index in [9.17, 15) is 9.59 Å². The maximum absolute atomic E-state index is 11.7. The van der Waals surface area contributed by atoms with E-state index in [2.05, 4.69) is 6.58 Å². The molecular formula is C19H18O4. The van der Waals surface area contributed by atoms with Crippen molar-refractivity contribution >= 4 is 18.0 Å². The van der Waals surface area contributed by atoms with Crippen LogP contribution < -0.4 is 0 Å². The van der Waals surface area contributed by atoms with Gasteiger partial charge in [0.1, 0.15) is 0 Å². The maximum atomic E-state index is 11.7. The summed E-state index contributed by atoms with van der Waals surface area (Å²) in [5, 5.41) is 0. The van der Waals surface area contributed by atoms with Crippen molar-refractivity contribution in [2.75, 3.05) is 6.79 Å². The summed E-state index contributed by atoms with van der Waals surface area (Å²) in [7, 11) is 0. The molecule has 0 aromatic heterocycles. The molecule has 0 aliphatic heterocycles. The van der Waals surface area contributed by atoms with E-state index in [1.54, 1.807) is 6.08 Å². The van der Waals surface area contributed by atoms with Gasteiger partial charge in [0.05, 0.1) is 12.8 Å². The fourth-order valence-electron chi connectivity index (χ4n) is 2.02. The molecule has 0 saturated carbocycles. The minimum atomic E-state index is -0.446. The SMILES string of the molecule is C=Cc1cccc(CC(=O)OCOC(=O)Cc2ccccc2)c1. The first-order chi connectivity index (χ1) is 11.2. The molecule has 4 heteroatoms. The third-order valence-corrected chi connectivity index (χ3v) is 3.17. The molecule has 2 aromatic rings. The van der Waals surface area contributed by atoms with Gasteiger partial charge in [0.15, 0.2) is 0 Å². The molecule has 0 N–H and O–H groups in total. The second-order valence-corrected chi connectivity index (χ2v) is 4.94. The van der Waals surface area contributed by atoms with Gasteiger partial charge in [0, 0.05) is 0 Å². The summed E-state index contributed by atoms with van der Waals surface area (Å²) < 4.78 is 9.82. The lowest BCUT2D eigenvalue weighted by atomic mass is 10.1. The van der Waals surface area contributed by atoms with Crippen LogP contribution in [0.2, 0.25) is 0 Å². The average Bonchev–Trinajstić information content (AvgIpc) is 2.56. The molecule has 2 aromatic carbocycles. The molecule has 0 heterocycles. The quantitative estimate of drug-likeness (QED) is 0.582. The molecule has 2 rings (SSSR count). The number of hydrogen-bond donors (Lipinski definition) is 0. The number of esters is 2. The Bertz CT molecular complexity index is 677. The minimum Gasteiger partial charge on any atom is -0.428 e. The molecule has 118 valence electrons. The fraction of sp³-hybridized carbons (Fsp3) is 0.158. The minimum absolute atomic E-state index is 0.123. The van der Waals surface area contributed by atoms with Crippen LogP contribution in [0.4, 0.5) is 0 Å². The van der Waals surface area contributed by atoms with Crippen LogP contribution in [0, 0.1) is 0 Å². The lowest BCUT2D eigenvalue weighted by Gasteiger charge is -2.07. The topological polar surface area (TPSA) is 52.6 Å². The number of rotatable bonds is 7. The molecule has 0 bridgehead atoms. The normalized spacial score (nSPS) is 9.91. The highest BCUT2D eigenvalue weighted by atomic mass is 16.7. The Kier molecular flexibility index (Phi) is 6.12. The smallest absolute Gasteiger partial charge is 0.313 e. The Morgan fingerprint density at radius 2 is 1.48 bits per heavy atom. The van der Waals surface area contributed by atoms with Crippen LogP contribution in [-0.4, -0.2) is 18.7 Å². The summed E-state index contributed by atoms with van der Waals surface area (Å²) in [4.78, 5) is 23.3. The van der Waals surface area contributed by atoms with Crippen LogP contribution in [0.25, 0.3) is 6.08 Å². The van der Waals surface area contributed by atoms with E-state index in [0.717, 1.165) is 16.7 Å². The van der Waals surface area contributed by atoms with Gasteiger partial charge in [-0.3, -0.25) is 9.59 Å². The lowest BCUT2D eigenvalue weighted by Crippen LogP contribution is -2.15. The van der Waals surface area contributed by atoms with Crippen LogP contribution in [0.1, 0.15) is 16.7 Å². The number of carbonyl (C=O) groups excluding carboxylic acids is 2. The van der Waals surface area contributed by atoms with E-state index in [-0.39, 0.29) is 19.6 Å². The van der Waals surface area contributed by atoms with Crippen LogP contribution in [0.3, 0.4) is 0 Å². The van der Waals surface area contributed by atoms with Gasteiger partial charge in [0.2, 0.25) is 6.79 Å². The van der Waals surface area contributed by atoms with E-state index in [1.807, 2.05) is 54.6 Å². The fourth-order valence-corrected chi connectivity index (χ4v) is 2.02. The summed E-state index contributed by atoms with van der Waals surface area (Å²) in [6.45, 7) is 3.31. The predicted molar refractivity (Wildman–Crippen MR) is 87.4 cm³/mol. The van der Waals surface area contributed by atoms with Crippen molar-refractivity contribution in [1.29, 1.82) is 0 Å². The van der Waals surface area contributed by atoms with Crippen molar-refractivity contribution in [3.8, 4) is 0 Å². The molecule has 0 spiro atoms. The average molecular weight is 310 g/mol. The second kappa shape index (κ2) is 8.54. The van der Waals surface area contributed by atoms with E-state index in [0.29, 0.717) is 0 Å². The first-order valence-corrected chi connectivity index (χ1v) is 7.24. The number of ether oxygens (including phenoxy) is 2.